The quantitative estimate of drug-likeness (QED) is 0.503. The molecule has 2 aromatic carbocycles. The fourth-order valence-corrected chi connectivity index (χ4v) is 6.72. The number of hydrogen-bond acceptors (Lipinski definition) is 4. The number of alkyl halides is 2. The van der Waals surface area contributed by atoms with E-state index >= 15 is 0 Å². The molecule has 228 valence electrons. The molecule has 0 spiro atoms. The lowest BCUT2D eigenvalue weighted by Gasteiger charge is -2.43. The molecular formula is C35H41F2N3O3. The van der Waals surface area contributed by atoms with Gasteiger partial charge in [-0.2, -0.15) is 0 Å². The van der Waals surface area contributed by atoms with E-state index in [0.29, 0.717) is 23.3 Å². The molecule has 6 nitrogen and oxygen atoms in total. The number of benzene rings is 2. The molecule has 1 saturated carbocycles. The first kappa shape index (κ1) is 29.4. The second-order valence-corrected chi connectivity index (χ2v) is 12.8. The molecule has 6 rings (SSSR count). The number of ether oxygens (including phenoxy) is 1. The van der Waals surface area contributed by atoms with Crippen LogP contribution in [-0.4, -0.2) is 66.9 Å². The van der Waals surface area contributed by atoms with Crippen molar-refractivity contribution in [1.82, 2.24) is 15.1 Å². The van der Waals surface area contributed by atoms with Crippen molar-refractivity contribution in [3.05, 3.63) is 68.6 Å². The molecular weight excluding hydrogens is 548 g/mol. The summed E-state index contributed by atoms with van der Waals surface area (Å²) in [6.07, 6.45) is 9.01. The van der Waals surface area contributed by atoms with Crippen molar-refractivity contribution >= 4 is 30.2 Å². The van der Waals surface area contributed by atoms with Gasteiger partial charge in [-0.05, 0) is 91.1 Å². The number of likely N-dealkylation sites (tertiary alicyclic amines) is 1. The van der Waals surface area contributed by atoms with E-state index < -0.39 is 18.4 Å². The third-order valence-electron chi connectivity index (χ3n) is 9.78. The zero-order chi connectivity index (χ0) is 30.5. The van der Waals surface area contributed by atoms with Gasteiger partial charge in [0.1, 0.15) is 5.75 Å². The first-order valence-corrected chi connectivity index (χ1v) is 15.5. The van der Waals surface area contributed by atoms with Gasteiger partial charge in [-0.3, -0.25) is 9.59 Å². The Bertz CT molecular complexity index is 1590. The Balaban J connectivity index is 1.14. The predicted octanol–water partition coefficient (Wildman–Crippen LogP) is 4.13. The number of nitrogens with one attached hydrogen (secondary N) is 1. The van der Waals surface area contributed by atoms with E-state index in [1.807, 2.05) is 24.0 Å². The van der Waals surface area contributed by atoms with E-state index in [-0.39, 0.29) is 18.4 Å². The summed E-state index contributed by atoms with van der Waals surface area (Å²) in [5.41, 5.74) is 4.53. The summed E-state index contributed by atoms with van der Waals surface area (Å²) in [6.45, 7) is 7.07. The fourth-order valence-electron chi connectivity index (χ4n) is 6.72. The van der Waals surface area contributed by atoms with E-state index in [4.69, 9.17) is 4.74 Å². The summed E-state index contributed by atoms with van der Waals surface area (Å²) in [4.78, 5) is 30.8. The molecule has 2 amide bonds. The van der Waals surface area contributed by atoms with Gasteiger partial charge < -0.3 is 19.9 Å². The van der Waals surface area contributed by atoms with Crippen molar-refractivity contribution in [2.45, 2.75) is 58.4 Å². The Morgan fingerprint density at radius 2 is 1.95 bits per heavy atom. The van der Waals surface area contributed by atoms with Crippen molar-refractivity contribution in [3.63, 3.8) is 0 Å². The summed E-state index contributed by atoms with van der Waals surface area (Å²) in [5, 5.41) is 4.41. The molecule has 0 radical (unpaired) electrons. The number of carbonyl (C=O) groups excluding carboxylic acids is 2. The molecule has 0 aromatic heterocycles. The molecule has 1 saturated heterocycles. The van der Waals surface area contributed by atoms with Crippen LogP contribution in [0.2, 0.25) is 0 Å². The average molecular weight is 590 g/mol. The minimum Gasteiger partial charge on any atom is -0.497 e. The number of hydrogen-bond donors (Lipinski definition) is 1. The van der Waals surface area contributed by atoms with Crippen molar-refractivity contribution in [1.29, 1.82) is 0 Å². The monoisotopic (exact) mass is 589 g/mol. The maximum Gasteiger partial charge on any atom is 0.264 e. The molecule has 2 fully saturated rings. The van der Waals surface area contributed by atoms with Crippen LogP contribution < -0.4 is 20.5 Å². The zero-order valence-corrected chi connectivity index (χ0v) is 25.5. The van der Waals surface area contributed by atoms with Crippen LogP contribution in [0.25, 0.3) is 18.4 Å². The van der Waals surface area contributed by atoms with Crippen LogP contribution in [0.4, 0.5) is 8.78 Å². The minimum atomic E-state index is -2.93. The molecule has 2 heterocycles. The molecule has 2 aliphatic heterocycles. The van der Waals surface area contributed by atoms with E-state index in [2.05, 4.69) is 47.6 Å². The molecule has 3 atom stereocenters. The Kier molecular flexibility index (Phi) is 7.82. The summed E-state index contributed by atoms with van der Waals surface area (Å²) in [5.74, 6) is -1.15. The van der Waals surface area contributed by atoms with Gasteiger partial charge in [0, 0.05) is 60.6 Å². The largest absolute Gasteiger partial charge is 0.497 e. The summed E-state index contributed by atoms with van der Waals surface area (Å²) >= 11 is 0. The van der Waals surface area contributed by atoms with E-state index in [1.165, 1.54) is 12.5 Å². The lowest BCUT2D eigenvalue weighted by atomic mass is 9.95. The third-order valence-corrected chi connectivity index (χ3v) is 9.78. The highest BCUT2D eigenvalue weighted by atomic mass is 19.3. The second kappa shape index (κ2) is 11.4. The van der Waals surface area contributed by atoms with Gasteiger partial charge in [0.2, 0.25) is 5.91 Å². The summed E-state index contributed by atoms with van der Waals surface area (Å²) in [7, 11) is 1.68. The van der Waals surface area contributed by atoms with Gasteiger partial charge in [-0.1, -0.05) is 25.1 Å². The second-order valence-electron chi connectivity index (χ2n) is 12.8. The van der Waals surface area contributed by atoms with Gasteiger partial charge in [-0.15, -0.1) is 0 Å². The Labute approximate surface area is 252 Å². The summed E-state index contributed by atoms with van der Waals surface area (Å²) < 4.78 is 32.9. The predicted molar refractivity (Wildman–Crippen MR) is 164 cm³/mol. The molecule has 1 N–H and O–H groups in total. The number of fused-ring (bicyclic) bond motifs is 3. The van der Waals surface area contributed by atoms with E-state index in [9.17, 15) is 18.4 Å². The van der Waals surface area contributed by atoms with Crippen LogP contribution in [0.15, 0.2) is 35.9 Å². The van der Waals surface area contributed by atoms with Crippen molar-refractivity contribution in [3.8, 4) is 5.75 Å². The third kappa shape index (κ3) is 5.93. The molecule has 43 heavy (non-hydrogen) atoms. The van der Waals surface area contributed by atoms with Crippen LogP contribution in [0, 0.1) is 24.7 Å². The number of carbonyl (C=O) groups is 2. The maximum atomic E-state index is 13.8. The van der Waals surface area contributed by atoms with Crippen LogP contribution in [0.1, 0.15) is 60.2 Å². The van der Waals surface area contributed by atoms with Gasteiger partial charge in [-0.25, -0.2) is 8.78 Å². The van der Waals surface area contributed by atoms with Gasteiger partial charge in [0.05, 0.1) is 13.7 Å². The minimum absolute atomic E-state index is 0.166. The van der Waals surface area contributed by atoms with Crippen LogP contribution in [0.3, 0.4) is 0 Å². The van der Waals surface area contributed by atoms with Crippen LogP contribution >= 0.6 is 0 Å². The van der Waals surface area contributed by atoms with E-state index in [1.54, 1.807) is 13.2 Å². The highest BCUT2D eigenvalue weighted by molar-refractivity contribution is 6.00. The number of halogens is 2. The molecule has 2 aliphatic carbocycles. The fraction of sp³-hybridized carbons (Fsp3) is 0.486. The number of amides is 2. The van der Waals surface area contributed by atoms with Crippen LogP contribution in [0.5, 0.6) is 5.75 Å². The lowest BCUT2D eigenvalue weighted by Crippen LogP contribution is -2.54. The normalized spacial score (nSPS) is 22.7. The smallest absolute Gasteiger partial charge is 0.264 e. The Morgan fingerprint density at radius 1 is 1.16 bits per heavy atom. The van der Waals surface area contributed by atoms with Crippen LogP contribution in [-0.2, 0) is 11.2 Å². The zero-order valence-electron chi connectivity index (χ0n) is 25.5. The highest BCUT2D eigenvalue weighted by Gasteiger charge is 2.46. The van der Waals surface area contributed by atoms with E-state index in [0.717, 1.165) is 71.8 Å². The van der Waals surface area contributed by atoms with Crippen molar-refractivity contribution in [2.75, 3.05) is 33.3 Å². The molecule has 0 bridgehead atoms. The Morgan fingerprint density at radius 3 is 2.70 bits per heavy atom. The average Bonchev–Trinajstić information content (AvgIpc) is 3.76. The van der Waals surface area contributed by atoms with Crippen molar-refractivity contribution in [2.24, 2.45) is 17.8 Å². The molecule has 4 aliphatic rings. The SMILES string of the molecule is CCC(F)(F)CNC(=O)c1ccc2c(c1C)=CN(CC1CN(C(=O)C3=Cc4ccc(OC)cc4CC4CC34)C1)C(C)CC=2. The van der Waals surface area contributed by atoms with Gasteiger partial charge in [0.25, 0.3) is 11.8 Å². The topological polar surface area (TPSA) is 61.9 Å². The van der Waals surface area contributed by atoms with Gasteiger partial charge in [0.15, 0.2) is 0 Å². The molecule has 8 heteroatoms. The van der Waals surface area contributed by atoms with Crippen molar-refractivity contribution < 1.29 is 23.1 Å². The standard InChI is InChI=1S/C35H41F2N3O3/c1-5-35(36,37)20-38-33(41)29-11-9-24-7-6-21(2)39(19-32(24)22(29)3)16-23-17-40(18-23)34(42)31-14-25-8-10-28(43-4)13-26(25)12-27-15-30(27)31/h7-11,13-14,19,21,23,27,30H,5-6,12,15-18,20H2,1-4H3,(H,38,41). The molecule has 3 unspecified atom stereocenters. The molecule has 2 aromatic rings. The summed E-state index contributed by atoms with van der Waals surface area (Å²) in [6, 6.07) is 10.0. The Hall–Kier alpha value is -3.68. The maximum absolute atomic E-state index is 13.8. The van der Waals surface area contributed by atoms with Gasteiger partial charge >= 0.3 is 0 Å². The first-order valence-electron chi connectivity index (χ1n) is 15.5. The first-order chi connectivity index (χ1) is 20.6. The number of rotatable bonds is 8. The lowest BCUT2D eigenvalue weighted by molar-refractivity contribution is -0.133. The number of nitrogens with zero attached hydrogens (tertiary/aromatic N) is 2. The number of methoxy groups -OCH3 is 1. The highest BCUT2D eigenvalue weighted by Crippen LogP contribution is 2.50.